The summed E-state index contributed by atoms with van der Waals surface area (Å²) in [5.74, 6) is 0.0390. The number of pyridine rings is 1. The number of nitrogens with two attached hydrogens (primary N) is 1. The van der Waals surface area contributed by atoms with Gasteiger partial charge in [0.1, 0.15) is 5.69 Å². The van der Waals surface area contributed by atoms with Gasteiger partial charge in [-0.25, -0.2) is 0 Å². The Balaban J connectivity index is 2.09. The first kappa shape index (κ1) is 12.6. The minimum absolute atomic E-state index is 0.0390. The molecule has 0 bridgehead atoms. The van der Waals surface area contributed by atoms with Gasteiger partial charge in [-0.05, 0) is 32.1 Å². The maximum atomic E-state index is 8.58. The third-order valence-corrected chi connectivity index (χ3v) is 3.20. The van der Waals surface area contributed by atoms with Crippen LogP contribution < -0.4 is 10.6 Å². The Bertz CT molecular complexity index is 417. The second kappa shape index (κ2) is 5.68. The molecule has 2 rings (SSSR count). The van der Waals surface area contributed by atoms with Crippen molar-refractivity contribution in [3.05, 3.63) is 24.0 Å². The quantitative estimate of drug-likeness (QED) is 0.341. The predicted octanol–water partition coefficient (Wildman–Crippen LogP) is 0.318. The number of hydrogen-bond acceptors (Lipinski definition) is 5. The first-order chi connectivity index (χ1) is 8.70. The van der Waals surface area contributed by atoms with E-state index in [-0.39, 0.29) is 5.84 Å². The Morgan fingerprint density at radius 1 is 1.33 bits per heavy atom. The molecule has 0 radical (unpaired) electrons. The van der Waals surface area contributed by atoms with Gasteiger partial charge in [0.2, 0.25) is 0 Å². The van der Waals surface area contributed by atoms with Gasteiger partial charge in [0.15, 0.2) is 5.84 Å². The molecule has 0 aliphatic carbocycles. The van der Waals surface area contributed by atoms with Crippen LogP contribution in [-0.2, 0) is 0 Å². The van der Waals surface area contributed by atoms with Crippen LogP contribution >= 0.6 is 0 Å². The van der Waals surface area contributed by atoms with E-state index in [1.807, 2.05) is 6.07 Å². The molecular formula is C12H19N5O. The number of amidine groups is 1. The lowest BCUT2D eigenvalue weighted by atomic mass is 10.3. The largest absolute Gasteiger partial charge is 0.409 e. The van der Waals surface area contributed by atoms with E-state index in [4.69, 9.17) is 10.9 Å². The third kappa shape index (κ3) is 2.89. The van der Waals surface area contributed by atoms with Crippen LogP contribution in [0.1, 0.15) is 12.1 Å². The minimum Gasteiger partial charge on any atom is -0.409 e. The molecule has 1 aromatic heterocycles. The van der Waals surface area contributed by atoms with Crippen molar-refractivity contribution in [2.24, 2.45) is 10.9 Å². The van der Waals surface area contributed by atoms with Gasteiger partial charge in [0, 0.05) is 19.6 Å². The zero-order valence-electron chi connectivity index (χ0n) is 10.6. The summed E-state index contributed by atoms with van der Waals surface area (Å²) in [6, 6.07) is 3.74. The van der Waals surface area contributed by atoms with Crippen molar-refractivity contribution in [1.29, 1.82) is 0 Å². The highest BCUT2D eigenvalue weighted by Crippen LogP contribution is 2.15. The number of anilines is 1. The van der Waals surface area contributed by atoms with Crippen LogP contribution in [0.4, 0.5) is 5.69 Å². The Morgan fingerprint density at radius 3 is 2.83 bits per heavy atom. The number of oxime groups is 1. The second-order valence-corrected chi connectivity index (χ2v) is 4.53. The lowest BCUT2D eigenvalue weighted by Gasteiger charge is -2.22. The normalized spacial score (nSPS) is 18.7. The van der Waals surface area contributed by atoms with Crippen LogP contribution in [0.3, 0.4) is 0 Å². The van der Waals surface area contributed by atoms with E-state index < -0.39 is 0 Å². The molecule has 1 aliphatic rings. The third-order valence-electron chi connectivity index (χ3n) is 3.20. The summed E-state index contributed by atoms with van der Waals surface area (Å²) in [6.07, 6.45) is 2.93. The molecule has 18 heavy (non-hydrogen) atoms. The molecule has 2 heterocycles. The Kier molecular flexibility index (Phi) is 3.99. The summed E-state index contributed by atoms with van der Waals surface area (Å²) in [4.78, 5) is 8.85. The van der Waals surface area contributed by atoms with E-state index in [1.165, 1.54) is 0 Å². The zero-order chi connectivity index (χ0) is 13.0. The fraction of sp³-hybridized carbons (Fsp3) is 0.500. The molecule has 6 heteroatoms. The Morgan fingerprint density at radius 2 is 2.17 bits per heavy atom. The van der Waals surface area contributed by atoms with E-state index in [0.29, 0.717) is 5.69 Å². The standard InChI is InChI=1S/C12H19N5O/c1-16-5-2-6-17(8-7-16)10-3-4-11(14-9-10)12(13)15-18/h3-4,9,18H,2,5-8H2,1H3,(H2,13,15). The Hall–Kier alpha value is -1.82. The van der Waals surface area contributed by atoms with Crippen molar-refractivity contribution < 1.29 is 5.21 Å². The molecule has 0 unspecified atom stereocenters. The smallest absolute Gasteiger partial charge is 0.188 e. The van der Waals surface area contributed by atoms with Crippen LogP contribution in [0, 0.1) is 0 Å². The van der Waals surface area contributed by atoms with Crippen LogP contribution in [0.2, 0.25) is 0 Å². The number of nitrogens with zero attached hydrogens (tertiary/aromatic N) is 4. The van der Waals surface area contributed by atoms with E-state index in [1.54, 1.807) is 12.3 Å². The van der Waals surface area contributed by atoms with Gasteiger partial charge in [-0.3, -0.25) is 4.98 Å². The Labute approximate surface area is 107 Å². The summed E-state index contributed by atoms with van der Waals surface area (Å²) < 4.78 is 0. The van der Waals surface area contributed by atoms with Gasteiger partial charge in [-0.2, -0.15) is 0 Å². The number of hydrogen-bond donors (Lipinski definition) is 2. The average Bonchev–Trinajstić information content (AvgIpc) is 2.63. The number of aromatic nitrogens is 1. The summed E-state index contributed by atoms with van der Waals surface area (Å²) in [7, 11) is 2.14. The van der Waals surface area contributed by atoms with Gasteiger partial charge in [0.05, 0.1) is 11.9 Å². The molecule has 0 amide bonds. The molecule has 0 atom stereocenters. The molecule has 0 saturated carbocycles. The molecule has 1 aliphatic heterocycles. The maximum Gasteiger partial charge on any atom is 0.188 e. The van der Waals surface area contributed by atoms with Gasteiger partial charge >= 0.3 is 0 Å². The summed E-state index contributed by atoms with van der Waals surface area (Å²) in [5.41, 5.74) is 7.06. The molecule has 1 aromatic rings. The highest BCUT2D eigenvalue weighted by molar-refractivity contribution is 5.95. The minimum atomic E-state index is 0.0390. The van der Waals surface area contributed by atoms with E-state index in [0.717, 1.165) is 38.3 Å². The fourth-order valence-corrected chi connectivity index (χ4v) is 2.08. The van der Waals surface area contributed by atoms with Crippen LogP contribution in [0.25, 0.3) is 0 Å². The number of rotatable bonds is 2. The van der Waals surface area contributed by atoms with Gasteiger partial charge < -0.3 is 20.7 Å². The summed E-state index contributed by atoms with van der Waals surface area (Å²) in [6.45, 7) is 4.23. The lowest BCUT2D eigenvalue weighted by molar-refractivity contribution is 0.318. The highest BCUT2D eigenvalue weighted by atomic mass is 16.4. The number of likely N-dealkylation sites (N-methyl/N-ethyl adjacent to an activating group) is 1. The summed E-state index contributed by atoms with van der Waals surface area (Å²) >= 11 is 0. The van der Waals surface area contributed by atoms with Crippen molar-refractivity contribution in [3.63, 3.8) is 0 Å². The molecule has 3 N–H and O–H groups in total. The van der Waals surface area contributed by atoms with Crippen molar-refractivity contribution >= 4 is 11.5 Å². The highest BCUT2D eigenvalue weighted by Gasteiger charge is 2.13. The van der Waals surface area contributed by atoms with Crippen molar-refractivity contribution in [1.82, 2.24) is 9.88 Å². The average molecular weight is 249 g/mol. The monoisotopic (exact) mass is 249 g/mol. The van der Waals surface area contributed by atoms with Crippen LogP contribution in [0.15, 0.2) is 23.5 Å². The fourth-order valence-electron chi connectivity index (χ4n) is 2.08. The predicted molar refractivity (Wildman–Crippen MR) is 71.1 cm³/mol. The van der Waals surface area contributed by atoms with Crippen molar-refractivity contribution in [2.45, 2.75) is 6.42 Å². The molecular weight excluding hydrogens is 230 g/mol. The SMILES string of the molecule is CN1CCCN(c2ccc(/C(N)=N/O)nc2)CC1. The van der Waals surface area contributed by atoms with Crippen molar-refractivity contribution in [3.8, 4) is 0 Å². The van der Waals surface area contributed by atoms with E-state index in [2.05, 4.69) is 27.0 Å². The first-order valence-electron chi connectivity index (χ1n) is 6.08. The molecule has 1 saturated heterocycles. The topological polar surface area (TPSA) is 78.0 Å². The van der Waals surface area contributed by atoms with Gasteiger partial charge in [-0.1, -0.05) is 5.16 Å². The molecule has 6 nitrogen and oxygen atoms in total. The van der Waals surface area contributed by atoms with E-state index >= 15 is 0 Å². The first-order valence-corrected chi connectivity index (χ1v) is 6.08. The van der Waals surface area contributed by atoms with E-state index in [9.17, 15) is 0 Å². The molecule has 1 fully saturated rings. The summed E-state index contributed by atoms with van der Waals surface area (Å²) in [5, 5.41) is 11.5. The van der Waals surface area contributed by atoms with Crippen LogP contribution in [0.5, 0.6) is 0 Å². The molecule has 0 spiro atoms. The maximum absolute atomic E-state index is 8.58. The van der Waals surface area contributed by atoms with Gasteiger partial charge in [0.25, 0.3) is 0 Å². The van der Waals surface area contributed by atoms with Crippen LogP contribution in [-0.4, -0.2) is 54.2 Å². The molecule has 0 aromatic carbocycles. The van der Waals surface area contributed by atoms with Gasteiger partial charge in [-0.15, -0.1) is 0 Å². The second-order valence-electron chi connectivity index (χ2n) is 4.53. The zero-order valence-corrected chi connectivity index (χ0v) is 10.6. The molecule has 98 valence electrons. The van der Waals surface area contributed by atoms with Crippen molar-refractivity contribution in [2.75, 3.05) is 38.1 Å². The lowest BCUT2D eigenvalue weighted by Crippen LogP contribution is -2.29.